The summed E-state index contributed by atoms with van der Waals surface area (Å²) in [4.78, 5) is 4.37. The predicted octanol–water partition coefficient (Wildman–Crippen LogP) is 6.58. The Morgan fingerprint density at radius 3 is 2.39 bits per heavy atom. The van der Waals surface area contributed by atoms with Crippen LogP contribution >= 0.6 is 0 Å². The van der Waals surface area contributed by atoms with Gasteiger partial charge in [-0.2, -0.15) is 0 Å². The van der Waals surface area contributed by atoms with Gasteiger partial charge in [0, 0.05) is 16.7 Å². The maximum absolute atomic E-state index is 13.5. The lowest BCUT2D eigenvalue weighted by atomic mass is 9.96. The monoisotopic (exact) mass is 497 g/mol. The first kappa shape index (κ1) is 23.3. The van der Waals surface area contributed by atoms with E-state index in [9.17, 15) is 8.42 Å². The third kappa shape index (κ3) is 4.71. The smallest absolute Gasteiger partial charge is 0.264 e. The minimum atomic E-state index is -3.98. The maximum Gasteiger partial charge on any atom is 0.264 e. The molecule has 0 atom stereocenters. The summed E-state index contributed by atoms with van der Waals surface area (Å²) in [5.74, 6) is 0.584. The van der Waals surface area contributed by atoms with Crippen molar-refractivity contribution < 1.29 is 17.4 Å². The molecule has 0 bridgehead atoms. The van der Waals surface area contributed by atoms with Gasteiger partial charge in [-0.3, -0.25) is 0 Å². The van der Waals surface area contributed by atoms with Crippen molar-refractivity contribution in [2.24, 2.45) is 0 Å². The van der Waals surface area contributed by atoms with E-state index in [1.165, 1.54) is 6.26 Å². The lowest BCUT2D eigenvalue weighted by Gasteiger charge is -2.14. The molecule has 0 saturated heterocycles. The van der Waals surface area contributed by atoms with E-state index in [2.05, 4.69) is 14.9 Å². The van der Waals surface area contributed by atoms with Gasteiger partial charge >= 0.3 is 0 Å². The molecule has 0 aliphatic heterocycles. The average molecular weight is 498 g/mol. The van der Waals surface area contributed by atoms with Gasteiger partial charge in [0.05, 0.1) is 16.8 Å². The largest absolute Gasteiger partial charge is 0.445 e. The zero-order valence-corrected chi connectivity index (χ0v) is 20.5. The Balaban J connectivity index is 1.62. The number of benzene rings is 3. The maximum atomic E-state index is 13.5. The molecule has 1 N–H and O–H groups in total. The predicted molar refractivity (Wildman–Crippen MR) is 140 cm³/mol. The number of nitrogens with one attached hydrogen (secondary N) is 1. The standard InChI is InChI=1S/C28H23N3O4S/c1-19-20(2)30-35-27(19)31-36(32,33)26-11-7-6-10-25(26)24-15-14-23(28-29-16-17-34-28)18-22(24)13-12-21-8-4-3-5-9-21/h3-18,31H,1-2H3/b13-12-. The summed E-state index contributed by atoms with van der Waals surface area (Å²) in [6, 6.07) is 22.4. The second kappa shape index (κ2) is 9.67. The first-order valence-corrected chi connectivity index (χ1v) is 12.7. The Morgan fingerprint density at radius 2 is 1.67 bits per heavy atom. The Hall–Kier alpha value is -4.43. The third-order valence-corrected chi connectivity index (χ3v) is 7.23. The number of oxazole rings is 1. The number of nitrogens with zero attached hydrogens (tertiary/aromatic N) is 2. The number of aromatic nitrogens is 2. The third-order valence-electron chi connectivity index (χ3n) is 5.84. The fourth-order valence-corrected chi connectivity index (χ4v) is 5.08. The molecule has 0 aliphatic carbocycles. The Kier molecular flexibility index (Phi) is 6.26. The average Bonchev–Trinajstić information content (AvgIpc) is 3.54. The molecule has 0 fully saturated rings. The van der Waals surface area contributed by atoms with Gasteiger partial charge in [0.2, 0.25) is 11.8 Å². The van der Waals surface area contributed by atoms with E-state index in [1.54, 1.807) is 38.2 Å². The zero-order valence-electron chi connectivity index (χ0n) is 19.7. The van der Waals surface area contributed by atoms with Crippen LogP contribution in [0.2, 0.25) is 0 Å². The lowest BCUT2D eigenvalue weighted by molar-refractivity contribution is 0.430. The molecule has 0 unspecified atom stereocenters. The summed E-state index contributed by atoms with van der Waals surface area (Å²) >= 11 is 0. The van der Waals surface area contributed by atoms with Gasteiger partial charge in [-0.05, 0) is 48.7 Å². The van der Waals surface area contributed by atoms with Crippen LogP contribution in [-0.2, 0) is 10.0 Å². The first-order chi connectivity index (χ1) is 17.4. The minimum Gasteiger partial charge on any atom is -0.445 e. The molecule has 3 aromatic carbocycles. The molecular weight excluding hydrogens is 474 g/mol. The van der Waals surface area contributed by atoms with Crippen LogP contribution in [-0.4, -0.2) is 18.6 Å². The quantitative estimate of drug-likeness (QED) is 0.255. The first-order valence-electron chi connectivity index (χ1n) is 11.2. The molecule has 2 aromatic heterocycles. The molecule has 5 rings (SSSR count). The normalized spacial score (nSPS) is 11.7. The van der Waals surface area contributed by atoms with Gasteiger partial charge in [-0.1, -0.05) is 71.9 Å². The summed E-state index contributed by atoms with van der Waals surface area (Å²) in [7, 11) is -3.98. The topological polar surface area (TPSA) is 98.2 Å². The van der Waals surface area contributed by atoms with Crippen molar-refractivity contribution in [2.75, 3.05) is 4.72 Å². The second-order valence-electron chi connectivity index (χ2n) is 8.21. The summed E-state index contributed by atoms with van der Waals surface area (Å²) in [6.07, 6.45) is 7.04. The molecule has 7 nitrogen and oxygen atoms in total. The minimum absolute atomic E-state index is 0.103. The van der Waals surface area contributed by atoms with E-state index < -0.39 is 10.0 Å². The fourth-order valence-electron chi connectivity index (χ4n) is 3.81. The molecule has 5 aromatic rings. The van der Waals surface area contributed by atoms with Crippen LogP contribution < -0.4 is 4.72 Å². The highest BCUT2D eigenvalue weighted by Crippen LogP contribution is 2.35. The highest BCUT2D eigenvalue weighted by Gasteiger charge is 2.23. The number of hydrogen-bond donors (Lipinski definition) is 1. The fraction of sp³-hybridized carbons (Fsp3) is 0.0714. The molecule has 8 heteroatoms. The van der Waals surface area contributed by atoms with Crippen LogP contribution in [0.25, 0.3) is 34.7 Å². The summed E-state index contributed by atoms with van der Waals surface area (Å²) in [5.41, 5.74) is 5.15. The van der Waals surface area contributed by atoms with Crippen molar-refractivity contribution in [1.29, 1.82) is 0 Å². The number of sulfonamides is 1. The van der Waals surface area contributed by atoms with Gasteiger partial charge in [0.15, 0.2) is 0 Å². The van der Waals surface area contributed by atoms with Crippen LogP contribution in [0.4, 0.5) is 5.88 Å². The number of aryl methyl sites for hydroxylation is 1. The molecule has 0 saturated carbocycles. The van der Waals surface area contributed by atoms with Crippen LogP contribution in [0.1, 0.15) is 22.4 Å². The molecule has 2 heterocycles. The van der Waals surface area contributed by atoms with Crippen molar-refractivity contribution in [3.05, 3.63) is 108 Å². The van der Waals surface area contributed by atoms with Gasteiger partial charge < -0.3 is 8.94 Å². The van der Waals surface area contributed by atoms with E-state index in [0.29, 0.717) is 22.7 Å². The molecule has 0 aliphatic rings. The molecule has 0 radical (unpaired) electrons. The van der Waals surface area contributed by atoms with E-state index in [4.69, 9.17) is 8.94 Å². The van der Waals surface area contributed by atoms with E-state index >= 15 is 0 Å². The highest BCUT2D eigenvalue weighted by molar-refractivity contribution is 7.92. The highest BCUT2D eigenvalue weighted by atomic mass is 32.2. The van der Waals surface area contributed by atoms with E-state index in [0.717, 1.165) is 22.3 Å². The molecule has 36 heavy (non-hydrogen) atoms. The van der Waals surface area contributed by atoms with Crippen molar-refractivity contribution in [3.63, 3.8) is 0 Å². The summed E-state index contributed by atoms with van der Waals surface area (Å²) in [5, 5.41) is 3.85. The van der Waals surface area contributed by atoms with Crippen LogP contribution in [0.3, 0.4) is 0 Å². The Bertz CT molecular complexity index is 1640. The summed E-state index contributed by atoms with van der Waals surface area (Å²) < 4.78 is 40.1. The van der Waals surface area contributed by atoms with E-state index in [-0.39, 0.29) is 10.8 Å². The Labute approximate surface area is 209 Å². The van der Waals surface area contributed by atoms with Crippen molar-refractivity contribution in [1.82, 2.24) is 10.1 Å². The van der Waals surface area contributed by atoms with Gasteiger partial charge in [0.1, 0.15) is 6.26 Å². The number of rotatable bonds is 7. The zero-order chi connectivity index (χ0) is 25.1. The van der Waals surface area contributed by atoms with Crippen molar-refractivity contribution >= 4 is 28.1 Å². The lowest BCUT2D eigenvalue weighted by Crippen LogP contribution is -2.14. The van der Waals surface area contributed by atoms with Crippen LogP contribution in [0, 0.1) is 13.8 Å². The number of hydrogen-bond acceptors (Lipinski definition) is 6. The van der Waals surface area contributed by atoms with Crippen LogP contribution in [0.5, 0.6) is 0 Å². The van der Waals surface area contributed by atoms with Gasteiger partial charge in [-0.25, -0.2) is 18.1 Å². The van der Waals surface area contributed by atoms with Crippen LogP contribution in [0.15, 0.2) is 99.1 Å². The molecule has 180 valence electrons. The molecule has 0 spiro atoms. The van der Waals surface area contributed by atoms with Gasteiger partial charge in [-0.15, -0.1) is 0 Å². The molecule has 0 amide bonds. The number of anilines is 1. The second-order valence-corrected chi connectivity index (χ2v) is 9.86. The molecular formula is C28H23N3O4S. The van der Waals surface area contributed by atoms with E-state index in [1.807, 2.05) is 66.7 Å². The van der Waals surface area contributed by atoms with Gasteiger partial charge in [0.25, 0.3) is 10.0 Å². The SMILES string of the molecule is Cc1noc(NS(=O)(=O)c2ccccc2-c2ccc(-c3ncco3)cc2/C=C\c2ccccc2)c1C. The van der Waals surface area contributed by atoms with Crippen molar-refractivity contribution in [2.45, 2.75) is 18.7 Å². The Morgan fingerprint density at radius 1 is 0.889 bits per heavy atom. The summed E-state index contributed by atoms with van der Waals surface area (Å²) in [6.45, 7) is 3.51. The van der Waals surface area contributed by atoms with Crippen molar-refractivity contribution in [3.8, 4) is 22.6 Å².